The molecule has 0 unspecified atom stereocenters. The van der Waals surface area contributed by atoms with Gasteiger partial charge in [-0.15, -0.1) is 0 Å². The fourth-order valence-electron chi connectivity index (χ4n) is 3.35. The third kappa shape index (κ3) is 3.82. The zero-order valence-corrected chi connectivity index (χ0v) is 16.2. The van der Waals surface area contributed by atoms with Crippen LogP contribution in [-0.4, -0.2) is 14.8 Å². The standard InChI is InChI=1S/C23H21FN4O/c1-15(20-13-18(24)8-9-19(20)16-6-4-3-5-7-16)29-22-12-17(14-26-23(22)25)21-10-11-27-28(21)2/h3-15H,1-2H3,(H2,25,26)/t15-/m1/s1. The number of benzene rings is 2. The first-order chi connectivity index (χ1) is 14.0. The van der Waals surface area contributed by atoms with Crippen LogP contribution in [0.1, 0.15) is 18.6 Å². The number of nitrogens with two attached hydrogens (primary N) is 1. The van der Waals surface area contributed by atoms with Crippen LogP contribution in [0.5, 0.6) is 5.75 Å². The Bertz CT molecular complexity index is 1140. The largest absolute Gasteiger partial charge is 0.482 e. The summed E-state index contributed by atoms with van der Waals surface area (Å²) in [7, 11) is 1.85. The molecule has 0 bridgehead atoms. The molecule has 0 spiro atoms. The number of rotatable bonds is 5. The van der Waals surface area contributed by atoms with Gasteiger partial charge in [0.15, 0.2) is 11.6 Å². The van der Waals surface area contributed by atoms with Gasteiger partial charge in [-0.3, -0.25) is 4.68 Å². The zero-order valence-electron chi connectivity index (χ0n) is 16.2. The molecule has 2 N–H and O–H groups in total. The van der Waals surface area contributed by atoms with Crippen molar-refractivity contribution in [2.24, 2.45) is 7.05 Å². The molecule has 2 aromatic heterocycles. The van der Waals surface area contributed by atoms with E-state index < -0.39 is 6.10 Å². The summed E-state index contributed by atoms with van der Waals surface area (Å²) in [5.41, 5.74) is 10.4. The predicted molar refractivity (Wildman–Crippen MR) is 112 cm³/mol. The third-order valence-corrected chi connectivity index (χ3v) is 4.84. The van der Waals surface area contributed by atoms with Crippen LogP contribution in [0.25, 0.3) is 22.4 Å². The number of pyridine rings is 1. The van der Waals surface area contributed by atoms with E-state index in [4.69, 9.17) is 10.5 Å². The lowest BCUT2D eigenvalue weighted by Gasteiger charge is -2.20. The molecule has 4 aromatic rings. The normalized spacial score (nSPS) is 12.0. The van der Waals surface area contributed by atoms with E-state index in [2.05, 4.69) is 10.1 Å². The molecule has 146 valence electrons. The zero-order chi connectivity index (χ0) is 20.4. The van der Waals surface area contributed by atoms with E-state index >= 15 is 0 Å². The molecule has 2 heterocycles. The Balaban J connectivity index is 1.70. The lowest BCUT2D eigenvalue weighted by molar-refractivity contribution is 0.228. The molecule has 29 heavy (non-hydrogen) atoms. The molecule has 0 saturated carbocycles. The van der Waals surface area contributed by atoms with E-state index in [1.54, 1.807) is 23.1 Å². The Hall–Kier alpha value is -3.67. The fourth-order valence-corrected chi connectivity index (χ4v) is 3.35. The Kier molecular flexibility index (Phi) is 4.99. The van der Waals surface area contributed by atoms with Gasteiger partial charge in [0, 0.05) is 30.6 Å². The molecule has 0 radical (unpaired) electrons. The van der Waals surface area contributed by atoms with Gasteiger partial charge in [-0.25, -0.2) is 9.37 Å². The second-order valence-electron chi connectivity index (χ2n) is 6.81. The van der Waals surface area contributed by atoms with Crippen LogP contribution in [0.4, 0.5) is 10.2 Å². The first kappa shape index (κ1) is 18.7. The maximum atomic E-state index is 14.0. The van der Waals surface area contributed by atoms with Crippen molar-refractivity contribution >= 4 is 5.82 Å². The first-order valence-electron chi connectivity index (χ1n) is 9.28. The van der Waals surface area contributed by atoms with Crippen molar-refractivity contribution in [2.45, 2.75) is 13.0 Å². The number of aromatic nitrogens is 3. The lowest BCUT2D eigenvalue weighted by atomic mass is 9.96. The summed E-state index contributed by atoms with van der Waals surface area (Å²) in [6, 6.07) is 18.3. The summed E-state index contributed by atoms with van der Waals surface area (Å²) >= 11 is 0. The molecule has 1 atom stereocenters. The minimum atomic E-state index is -0.438. The molecular formula is C23H21FN4O. The van der Waals surface area contributed by atoms with Crippen molar-refractivity contribution in [1.29, 1.82) is 0 Å². The summed E-state index contributed by atoms with van der Waals surface area (Å²) in [6.45, 7) is 1.87. The number of anilines is 1. The van der Waals surface area contributed by atoms with E-state index in [9.17, 15) is 4.39 Å². The Morgan fingerprint density at radius 3 is 2.55 bits per heavy atom. The van der Waals surface area contributed by atoms with Crippen LogP contribution in [-0.2, 0) is 7.05 Å². The van der Waals surface area contributed by atoms with Crippen molar-refractivity contribution in [3.05, 3.63) is 84.4 Å². The van der Waals surface area contributed by atoms with Gasteiger partial charge in [0.1, 0.15) is 11.9 Å². The number of nitrogens with zero attached hydrogens (tertiary/aromatic N) is 3. The van der Waals surface area contributed by atoms with Gasteiger partial charge in [0.25, 0.3) is 0 Å². The monoisotopic (exact) mass is 388 g/mol. The average molecular weight is 388 g/mol. The van der Waals surface area contributed by atoms with Crippen molar-refractivity contribution in [2.75, 3.05) is 5.73 Å². The van der Waals surface area contributed by atoms with E-state index in [-0.39, 0.29) is 11.6 Å². The molecule has 0 saturated heterocycles. The number of hydrogen-bond acceptors (Lipinski definition) is 4. The number of ether oxygens (including phenoxy) is 1. The Labute approximate surface area is 168 Å². The molecule has 2 aromatic carbocycles. The number of aryl methyl sites for hydroxylation is 1. The Morgan fingerprint density at radius 2 is 1.83 bits per heavy atom. The van der Waals surface area contributed by atoms with E-state index in [1.807, 2.05) is 56.4 Å². The predicted octanol–water partition coefficient (Wildman–Crippen LogP) is 5.01. The van der Waals surface area contributed by atoms with E-state index in [0.717, 1.165) is 27.9 Å². The minimum Gasteiger partial charge on any atom is -0.482 e. The highest BCUT2D eigenvalue weighted by atomic mass is 19.1. The molecule has 0 aliphatic rings. The van der Waals surface area contributed by atoms with Crippen molar-refractivity contribution in [3.63, 3.8) is 0 Å². The summed E-state index contributed by atoms with van der Waals surface area (Å²) in [5.74, 6) is 0.407. The van der Waals surface area contributed by atoms with E-state index in [1.165, 1.54) is 12.1 Å². The smallest absolute Gasteiger partial charge is 0.166 e. The molecule has 5 nitrogen and oxygen atoms in total. The molecule has 6 heteroatoms. The molecule has 4 rings (SSSR count). The van der Waals surface area contributed by atoms with Crippen LogP contribution in [0.2, 0.25) is 0 Å². The van der Waals surface area contributed by atoms with Crippen LogP contribution < -0.4 is 10.5 Å². The average Bonchev–Trinajstić information content (AvgIpc) is 3.16. The summed E-state index contributed by atoms with van der Waals surface area (Å²) in [4.78, 5) is 4.26. The number of halogens is 1. The number of hydrogen-bond donors (Lipinski definition) is 1. The van der Waals surface area contributed by atoms with Crippen molar-refractivity contribution in [1.82, 2.24) is 14.8 Å². The van der Waals surface area contributed by atoms with Gasteiger partial charge in [0.05, 0.1) is 5.69 Å². The molecule has 0 fully saturated rings. The highest BCUT2D eigenvalue weighted by Crippen LogP contribution is 2.34. The molecular weight excluding hydrogens is 367 g/mol. The van der Waals surface area contributed by atoms with Crippen LogP contribution in [0, 0.1) is 5.82 Å². The fraction of sp³-hybridized carbons (Fsp3) is 0.130. The van der Waals surface area contributed by atoms with Gasteiger partial charge in [-0.05, 0) is 42.3 Å². The third-order valence-electron chi connectivity index (χ3n) is 4.84. The summed E-state index contributed by atoms with van der Waals surface area (Å²) < 4.78 is 21.9. The quantitative estimate of drug-likeness (QED) is 0.522. The Morgan fingerprint density at radius 1 is 1.03 bits per heavy atom. The minimum absolute atomic E-state index is 0.278. The molecule has 0 aliphatic heterocycles. The lowest BCUT2D eigenvalue weighted by Crippen LogP contribution is -2.08. The van der Waals surface area contributed by atoms with Crippen LogP contribution in [0.3, 0.4) is 0 Å². The summed E-state index contributed by atoms with van der Waals surface area (Å²) in [6.07, 6.45) is 2.96. The highest BCUT2D eigenvalue weighted by molar-refractivity contribution is 5.68. The number of nitrogen functional groups attached to an aromatic ring is 1. The van der Waals surface area contributed by atoms with Gasteiger partial charge >= 0.3 is 0 Å². The highest BCUT2D eigenvalue weighted by Gasteiger charge is 2.17. The first-order valence-corrected chi connectivity index (χ1v) is 9.28. The second-order valence-corrected chi connectivity index (χ2v) is 6.81. The maximum absolute atomic E-state index is 14.0. The topological polar surface area (TPSA) is 66.0 Å². The molecule has 0 amide bonds. The van der Waals surface area contributed by atoms with Gasteiger partial charge < -0.3 is 10.5 Å². The SMILES string of the molecule is C[C@@H](Oc1cc(-c2ccnn2C)cnc1N)c1cc(F)ccc1-c1ccccc1. The van der Waals surface area contributed by atoms with Crippen LogP contribution in [0.15, 0.2) is 73.1 Å². The van der Waals surface area contributed by atoms with Crippen molar-refractivity contribution in [3.8, 4) is 28.1 Å². The van der Waals surface area contributed by atoms with Gasteiger partial charge in [-0.2, -0.15) is 5.10 Å². The van der Waals surface area contributed by atoms with Crippen LogP contribution >= 0.6 is 0 Å². The van der Waals surface area contributed by atoms with Gasteiger partial charge in [-0.1, -0.05) is 36.4 Å². The second kappa shape index (κ2) is 7.75. The summed E-state index contributed by atoms with van der Waals surface area (Å²) in [5, 5.41) is 4.18. The maximum Gasteiger partial charge on any atom is 0.166 e. The van der Waals surface area contributed by atoms with Gasteiger partial charge in [0.2, 0.25) is 0 Å². The van der Waals surface area contributed by atoms with E-state index in [0.29, 0.717) is 5.75 Å². The van der Waals surface area contributed by atoms with Crippen molar-refractivity contribution < 1.29 is 9.13 Å². The molecule has 0 aliphatic carbocycles.